The fraction of sp³-hybridized carbons (Fsp3) is 0.478. The molecule has 4 N–H and O–H groups in total. The van der Waals surface area contributed by atoms with Crippen LogP contribution < -0.4 is 16.0 Å². The van der Waals surface area contributed by atoms with Crippen LogP contribution in [0.15, 0.2) is 36.4 Å². The first-order valence-corrected chi connectivity index (χ1v) is 10.9. The number of nitrogen functional groups attached to an aromatic ring is 1. The number of morpholine rings is 2. The van der Waals surface area contributed by atoms with Crippen LogP contribution in [0.2, 0.25) is 0 Å². The van der Waals surface area contributed by atoms with Gasteiger partial charge >= 0.3 is 0 Å². The number of pyridine rings is 1. The molecule has 31 heavy (non-hydrogen) atoms. The molecule has 2 saturated heterocycles. The van der Waals surface area contributed by atoms with Crippen molar-refractivity contribution in [3.8, 4) is 0 Å². The Balaban J connectivity index is 0.000000254. The van der Waals surface area contributed by atoms with Gasteiger partial charge in [0.2, 0.25) is 0 Å². The van der Waals surface area contributed by atoms with E-state index in [9.17, 15) is 0 Å². The summed E-state index contributed by atoms with van der Waals surface area (Å²) in [6, 6.07) is 11.9. The first kappa shape index (κ1) is 23.0. The van der Waals surface area contributed by atoms with Crippen molar-refractivity contribution in [2.45, 2.75) is 6.92 Å². The van der Waals surface area contributed by atoms with Crippen LogP contribution in [0.3, 0.4) is 0 Å². The smallest absolute Gasteiger partial charge is 0.130 e. The first-order valence-electron chi connectivity index (χ1n) is 10.9. The molecule has 1 aromatic heterocycles. The van der Waals surface area contributed by atoms with E-state index in [1.165, 1.54) is 11.8 Å². The topological polar surface area (TPSA) is 99.7 Å². The summed E-state index contributed by atoms with van der Waals surface area (Å²) in [6.45, 7) is 10.9. The highest BCUT2D eigenvalue weighted by Crippen LogP contribution is 2.21. The van der Waals surface area contributed by atoms with E-state index >= 15 is 0 Å². The molecule has 2 aromatic rings. The van der Waals surface area contributed by atoms with Crippen LogP contribution in [0.1, 0.15) is 11.1 Å². The quantitative estimate of drug-likeness (QED) is 0.609. The standard InChI is InChI=1S/C15H25N5O2.C8H9N/c16-14-11-13(20-5-9-22-10-6-20)12-15(18-14)17-1-2-19-3-7-21-8-4-19;1-7-3-2-4-8(5-7)6-9/h11-12H,1-10H2,(H3,16,17,18);2-6,9H,1H3. The van der Waals surface area contributed by atoms with Crippen LogP contribution in [0.4, 0.5) is 17.3 Å². The largest absolute Gasteiger partial charge is 0.384 e. The normalized spacial score (nSPS) is 16.9. The average Bonchev–Trinajstić information content (AvgIpc) is 2.80. The van der Waals surface area contributed by atoms with E-state index in [4.69, 9.17) is 20.6 Å². The summed E-state index contributed by atoms with van der Waals surface area (Å²) in [4.78, 5) is 9.06. The van der Waals surface area contributed by atoms with Crippen LogP contribution in [-0.4, -0.2) is 81.8 Å². The summed E-state index contributed by atoms with van der Waals surface area (Å²) in [5, 5.41) is 10.3. The molecule has 0 aliphatic carbocycles. The maximum absolute atomic E-state index is 6.92. The van der Waals surface area contributed by atoms with E-state index in [1.54, 1.807) is 0 Å². The molecule has 0 amide bonds. The lowest BCUT2D eigenvalue weighted by atomic mass is 10.2. The number of nitrogens with two attached hydrogens (primary N) is 1. The van der Waals surface area contributed by atoms with Gasteiger partial charge in [-0.1, -0.05) is 29.8 Å². The van der Waals surface area contributed by atoms with Crippen molar-refractivity contribution in [2.75, 3.05) is 81.6 Å². The van der Waals surface area contributed by atoms with E-state index in [2.05, 4.69) is 26.2 Å². The Morgan fingerprint density at radius 1 is 1.06 bits per heavy atom. The lowest BCUT2D eigenvalue weighted by Crippen LogP contribution is -2.39. The van der Waals surface area contributed by atoms with Crippen LogP contribution in [0.25, 0.3) is 0 Å². The molecule has 2 aliphatic heterocycles. The Labute approximate surface area is 184 Å². The zero-order valence-corrected chi connectivity index (χ0v) is 18.3. The van der Waals surface area contributed by atoms with Crippen molar-refractivity contribution in [3.63, 3.8) is 0 Å². The van der Waals surface area contributed by atoms with Gasteiger partial charge in [-0.25, -0.2) is 4.98 Å². The number of aromatic nitrogens is 1. The van der Waals surface area contributed by atoms with Gasteiger partial charge in [0.1, 0.15) is 11.6 Å². The molecule has 0 bridgehead atoms. The monoisotopic (exact) mass is 426 g/mol. The number of benzene rings is 1. The molecule has 0 atom stereocenters. The van der Waals surface area contributed by atoms with Crippen molar-refractivity contribution < 1.29 is 9.47 Å². The second-order valence-electron chi connectivity index (χ2n) is 7.67. The lowest BCUT2D eigenvalue weighted by molar-refractivity contribution is 0.0398. The molecule has 0 saturated carbocycles. The van der Waals surface area contributed by atoms with Crippen molar-refractivity contribution in [2.24, 2.45) is 0 Å². The molecular formula is C23H34N6O2. The number of ether oxygens (including phenoxy) is 2. The van der Waals surface area contributed by atoms with E-state index in [0.717, 1.165) is 82.8 Å². The highest BCUT2D eigenvalue weighted by molar-refractivity contribution is 5.76. The molecule has 8 nitrogen and oxygen atoms in total. The number of nitrogens with zero attached hydrogens (tertiary/aromatic N) is 3. The molecule has 4 rings (SSSR count). The summed E-state index contributed by atoms with van der Waals surface area (Å²) < 4.78 is 10.8. The van der Waals surface area contributed by atoms with Crippen molar-refractivity contribution in [1.29, 1.82) is 5.41 Å². The van der Waals surface area contributed by atoms with Gasteiger partial charge in [0.15, 0.2) is 0 Å². The third kappa shape index (κ3) is 7.82. The summed E-state index contributed by atoms with van der Waals surface area (Å²) in [5.41, 5.74) is 9.23. The summed E-state index contributed by atoms with van der Waals surface area (Å²) in [6.07, 6.45) is 1.35. The van der Waals surface area contributed by atoms with Crippen molar-refractivity contribution in [3.05, 3.63) is 47.5 Å². The maximum atomic E-state index is 6.92. The third-order valence-corrected chi connectivity index (χ3v) is 5.25. The second-order valence-corrected chi connectivity index (χ2v) is 7.67. The van der Waals surface area contributed by atoms with Gasteiger partial charge in [0.05, 0.1) is 26.4 Å². The van der Waals surface area contributed by atoms with Gasteiger partial charge < -0.3 is 30.8 Å². The summed E-state index contributed by atoms with van der Waals surface area (Å²) in [5.74, 6) is 1.40. The number of rotatable bonds is 6. The minimum Gasteiger partial charge on any atom is -0.384 e. The molecule has 8 heteroatoms. The number of hydrogen-bond acceptors (Lipinski definition) is 8. The Bertz CT molecular complexity index is 819. The van der Waals surface area contributed by atoms with E-state index in [0.29, 0.717) is 5.82 Å². The van der Waals surface area contributed by atoms with Gasteiger partial charge in [0, 0.05) is 63.3 Å². The second kappa shape index (κ2) is 12.2. The molecule has 0 radical (unpaired) electrons. The number of aryl methyl sites for hydroxylation is 1. The van der Waals surface area contributed by atoms with Gasteiger partial charge in [0.25, 0.3) is 0 Å². The highest BCUT2D eigenvalue weighted by atomic mass is 16.5. The average molecular weight is 427 g/mol. The van der Waals surface area contributed by atoms with Gasteiger partial charge in [-0.05, 0) is 12.5 Å². The molecule has 3 heterocycles. The fourth-order valence-corrected chi connectivity index (χ4v) is 3.56. The number of anilines is 3. The first-order chi connectivity index (χ1) is 15.1. The predicted octanol–water partition coefficient (Wildman–Crippen LogP) is 2.24. The predicted molar refractivity (Wildman–Crippen MR) is 126 cm³/mol. The zero-order valence-electron chi connectivity index (χ0n) is 18.3. The molecule has 2 fully saturated rings. The van der Waals surface area contributed by atoms with Crippen LogP contribution in [0.5, 0.6) is 0 Å². The fourth-order valence-electron chi connectivity index (χ4n) is 3.56. The highest BCUT2D eigenvalue weighted by Gasteiger charge is 2.13. The SMILES string of the molecule is Cc1cccc(C=N)c1.Nc1cc(N2CCOCC2)cc(NCCN2CCOCC2)n1. The van der Waals surface area contributed by atoms with E-state index in [-0.39, 0.29) is 0 Å². The third-order valence-electron chi connectivity index (χ3n) is 5.25. The number of nitrogens with one attached hydrogen (secondary N) is 2. The lowest BCUT2D eigenvalue weighted by Gasteiger charge is -2.29. The van der Waals surface area contributed by atoms with Crippen LogP contribution in [0, 0.1) is 12.3 Å². The molecular weight excluding hydrogens is 392 g/mol. The minimum atomic E-state index is 0.554. The summed E-state index contributed by atoms with van der Waals surface area (Å²) in [7, 11) is 0. The zero-order chi connectivity index (χ0) is 21.9. The molecule has 168 valence electrons. The summed E-state index contributed by atoms with van der Waals surface area (Å²) >= 11 is 0. The van der Waals surface area contributed by atoms with Crippen LogP contribution in [-0.2, 0) is 9.47 Å². The minimum absolute atomic E-state index is 0.554. The van der Waals surface area contributed by atoms with Crippen molar-refractivity contribution in [1.82, 2.24) is 9.88 Å². The molecule has 2 aliphatic rings. The van der Waals surface area contributed by atoms with Gasteiger partial charge in [-0.15, -0.1) is 0 Å². The van der Waals surface area contributed by atoms with Crippen LogP contribution >= 0.6 is 0 Å². The van der Waals surface area contributed by atoms with Gasteiger partial charge in [-0.2, -0.15) is 0 Å². The molecule has 0 spiro atoms. The van der Waals surface area contributed by atoms with Gasteiger partial charge in [-0.3, -0.25) is 4.90 Å². The Kier molecular flexibility index (Phi) is 9.08. The van der Waals surface area contributed by atoms with Crippen molar-refractivity contribution >= 4 is 23.5 Å². The molecule has 0 unspecified atom stereocenters. The maximum Gasteiger partial charge on any atom is 0.130 e. The molecule has 1 aromatic carbocycles. The van der Waals surface area contributed by atoms with E-state index in [1.807, 2.05) is 37.3 Å². The Morgan fingerprint density at radius 2 is 1.77 bits per heavy atom. The Morgan fingerprint density at radius 3 is 2.42 bits per heavy atom. The Hall–Kier alpha value is -2.68. The number of hydrogen-bond donors (Lipinski definition) is 3. The van der Waals surface area contributed by atoms with E-state index < -0.39 is 0 Å².